The smallest absolute Gasteiger partial charge is 0.253 e. The van der Waals surface area contributed by atoms with E-state index in [0.717, 1.165) is 38.7 Å². The minimum absolute atomic E-state index is 0.0422. The number of nitrogens with one attached hydrogen (secondary N) is 1. The highest BCUT2D eigenvalue weighted by Crippen LogP contribution is 2.17. The van der Waals surface area contributed by atoms with Crippen molar-refractivity contribution in [3.8, 4) is 0 Å². The zero-order valence-corrected chi connectivity index (χ0v) is 13.9. The monoisotopic (exact) mass is 331 g/mol. The molecule has 1 atom stereocenters. The fourth-order valence-electron chi connectivity index (χ4n) is 3.37. The van der Waals surface area contributed by atoms with E-state index in [1.165, 1.54) is 0 Å². The van der Waals surface area contributed by atoms with Gasteiger partial charge in [0, 0.05) is 50.1 Å². The molecule has 3 rings (SSSR count). The molecule has 6 heteroatoms. The van der Waals surface area contributed by atoms with E-state index in [-0.39, 0.29) is 24.0 Å². The standard InChI is InChI=1S/C18H25N3O3/c22-17(4-3-16-2-1-13-24-16)20-15-7-11-21(12-8-15)18(23)14-5-9-19-10-6-14/h5-6,9-10,15-16H,1-4,7-8,11-13H2,(H,20,22)/t16-/m1/s1. The maximum Gasteiger partial charge on any atom is 0.253 e. The third-order valence-electron chi connectivity index (χ3n) is 4.79. The first-order valence-corrected chi connectivity index (χ1v) is 8.82. The third kappa shape index (κ3) is 4.54. The van der Waals surface area contributed by atoms with Crippen LogP contribution in [-0.2, 0) is 9.53 Å². The number of hydrogen-bond acceptors (Lipinski definition) is 4. The Kier molecular flexibility index (Phi) is 5.80. The number of amides is 2. The molecule has 1 N–H and O–H groups in total. The minimum Gasteiger partial charge on any atom is -0.378 e. The van der Waals surface area contributed by atoms with Gasteiger partial charge in [-0.05, 0) is 44.2 Å². The van der Waals surface area contributed by atoms with E-state index >= 15 is 0 Å². The number of carbonyl (C=O) groups is 2. The van der Waals surface area contributed by atoms with Crippen molar-refractivity contribution < 1.29 is 14.3 Å². The summed E-state index contributed by atoms with van der Waals surface area (Å²) in [7, 11) is 0. The molecule has 24 heavy (non-hydrogen) atoms. The second-order valence-corrected chi connectivity index (χ2v) is 6.54. The number of carbonyl (C=O) groups excluding carboxylic acids is 2. The van der Waals surface area contributed by atoms with E-state index in [4.69, 9.17) is 4.74 Å². The number of ether oxygens (including phenoxy) is 1. The summed E-state index contributed by atoms with van der Waals surface area (Å²) in [6.07, 6.45) is 8.66. The van der Waals surface area contributed by atoms with Gasteiger partial charge in [0.05, 0.1) is 6.10 Å². The minimum atomic E-state index is 0.0422. The molecule has 0 aromatic carbocycles. The van der Waals surface area contributed by atoms with E-state index < -0.39 is 0 Å². The maximum absolute atomic E-state index is 12.4. The Morgan fingerprint density at radius 3 is 2.62 bits per heavy atom. The lowest BCUT2D eigenvalue weighted by molar-refractivity contribution is -0.122. The van der Waals surface area contributed by atoms with Crippen LogP contribution in [-0.4, -0.2) is 53.5 Å². The van der Waals surface area contributed by atoms with Crippen LogP contribution in [0.2, 0.25) is 0 Å². The Balaban J connectivity index is 1.38. The van der Waals surface area contributed by atoms with Crippen molar-refractivity contribution in [2.24, 2.45) is 0 Å². The zero-order chi connectivity index (χ0) is 16.8. The van der Waals surface area contributed by atoms with E-state index in [0.29, 0.717) is 25.1 Å². The molecule has 0 spiro atoms. The Morgan fingerprint density at radius 1 is 1.21 bits per heavy atom. The lowest BCUT2D eigenvalue weighted by Gasteiger charge is -2.32. The van der Waals surface area contributed by atoms with Crippen LogP contribution in [0.3, 0.4) is 0 Å². The van der Waals surface area contributed by atoms with Crippen molar-refractivity contribution in [1.82, 2.24) is 15.2 Å². The fourth-order valence-corrected chi connectivity index (χ4v) is 3.37. The number of hydrogen-bond donors (Lipinski definition) is 1. The Hall–Kier alpha value is -1.95. The molecule has 1 aromatic heterocycles. The third-order valence-corrected chi connectivity index (χ3v) is 4.79. The molecule has 2 aliphatic rings. The topological polar surface area (TPSA) is 71.5 Å². The van der Waals surface area contributed by atoms with Crippen LogP contribution in [0.5, 0.6) is 0 Å². The average Bonchev–Trinajstić information content (AvgIpc) is 3.14. The number of pyridine rings is 1. The number of aromatic nitrogens is 1. The number of piperidine rings is 1. The van der Waals surface area contributed by atoms with Gasteiger partial charge < -0.3 is 15.0 Å². The summed E-state index contributed by atoms with van der Waals surface area (Å²) in [5, 5.41) is 3.10. The van der Waals surface area contributed by atoms with Crippen LogP contribution in [0.25, 0.3) is 0 Å². The van der Waals surface area contributed by atoms with Gasteiger partial charge in [0.15, 0.2) is 0 Å². The Morgan fingerprint density at radius 2 is 1.96 bits per heavy atom. The van der Waals surface area contributed by atoms with Crippen molar-refractivity contribution >= 4 is 11.8 Å². The summed E-state index contributed by atoms with van der Waals surface area (Å²) in [6.45, 7) is 2.19. The quantitative estimate of drug-likeness (QED) is 0.892. The highest BCUT2D eigenvalue weighted by Gasteiger charge is 2.25. The Labute approximate surface area is 142 Å². The fraction of sp³-hybridized carbons (Fsp3) is 0.611. The SMILES string of the molecule is O=C(CC[C@H]1CCCO1)NC1CCN(C(=O)c2ccncc2)CC1. The molecular weight excluding hydrogens is 306 g/mol. The molecule has 2 saturated heterocycles. The van der Waals surface area contributed by atoms with Crippen molar-refractivity contribution in [3.63, 3.8) is 0 Å². The number of nitrogens with zero attached hydrogens (tertiary/aromatic N) is 2. The van der Waals surface area contributed by atoms with E-state index in [2.05, 4.69) is 10.3 Å². The van der Waals surface area contributed by atoms with Crippen LogP contribution in [0.1, 0.15) is 48.9 Å². The van der Waals surface area contributed by atoms with Gasteiger partial charge in [0.1, 0.15) is 0 Å². The lowest BCUT2D eigenvalue weighted by Crippen LogP contribution is -2.46. The average molecular weight is 331 g/mol. The van der Waals surface area contributed by atoms with Gasteiger partial charge in [-0.2, -0.15) is 0 Å². The molecular formula is C18H25N3O3. The normalized spacial score (nSPS) is 21.7. The first-order valence-electron chi connectivity index (χ1n) is 8.82. The molecule has 1 aromatic rings. The Bertz CT molecular complexity index is 550. The van der Waals surface area contributed by atoms with Crippen LogP contribution in [0.15, 0.2) is 24.5 Å². The van der Waals surface area contributed by atoms with Crippen LogP contribution in [0, 0.1) is 0 Å². The summed E-state index contributed by atoms with van der Waals surface area (Å²) in [4.78, 5) is 30.2. The summed E-state index contributed by atoms with van der Waals surface area (Å²) < 4.78 is 5.55. The molecule has 0 aliphatic carbocycles. The summed E-state index contributed by atoms with van der Waals surface area (Å²) in [5.74, 6) is 0.143. The molecule has 6 nitrogen and oxygen atoms in total. The van der Waals surface area contributed by atoms with E-state index in [9.17, 15) is 9.59 Å². The zero-order valence-electron chi connectivity index (χ0n) is 13.9. The van der Waals surface area contributed by atoms with Crippen LogP contribution < -0.4 is 5.32 Å². The molecule has 0 bridgehead atoms. The number of likely N-dealkylation sites (tertiary alicyclic amines) is 1. The van der Waals surface area contributed by atoms with Crippen molar-refractivity contribution in [3.05, 3.63) is 30.1 Å². The number of rotatable bonds is 5. The molecule has 2 amide bonds. The summed E-state index contributed by atoms with van der Waals surface area (Å²) >= 11 is 0. The maximum atomic E-state index is 12.4. The molecule has 130 valence electrons. The second-order valence-electron chi connectivity index (χ2n) is 6.54. The van der Waals surface area contributed by atoms with E-state index in [1.807, 2.05) is 4.90 Å². The van der Waals surface area contributed by atoms with Gasteiger partial charge in [-0.1, -0.05) is 0 Å². The van der Waals surface area contributed by atoms with E-state index in [1.54, 1.807) is 24.5 Å². The predicted molar refractivity (Wildman–Crippen MR) is 89.5 cm³/mol. The molecule has 0 unspecified atom stereocenters. The summed E-state index contributed by atoms with van der Waals surface area (Å²) in [5.41, 5.74) is 0.670. The molecule has 2 aliphatic heterocycles. The highest BCUT2D eigenvalue weighted by molar-refractivity contribution is 5.94. The van der Waals surface area contributed by atoms with Crippen LogP contribution in [0.4, 0.5) is 0 Å². The van der Waals surface area contributed by atoms with Gasteiger partial charge in [0.25, 0.3) is 5.91 Å². The van der Waals surface area contributed by atoms with Gasteiger partial charge in [-0.15, -0.1) is 0 Å². The largest absolute Gasteiger partial charge is 0.378 e. The van der Waals surface area contributed by atoms with Crippen LogP contribution >= 0.6 is 0 Å². The van der Waals surface area contributed by atoms with Gasteiger partial charge >= 0.3 is 0 Å². The van der Waals surface area contributed by atoms with Crippen molar-refractivity contribution in [2.45, 2.75) is 50.7 Å². The molecule has 2 fully saturated rings. The molecule has 3 heterocycles. The first-order chi connectivity index (χ1) is 11.7. The molecule has 0 saturated carbocycles. The first kappa shape index (κ1) is 16.9. The van der Waals surface area contributed by atoms with Crippen molar-refractivity contribution in [1.29, 1.82) is 0 Å². The van der Waals surface area contributed by atoms with Gasteiger partial charge in [-0.25, -0.2) is 0 Å². The van der Waals surface area contributed by atoms with Crippen molar-refractivity contribution in [2.75, 3.05) is 19.7 Å². The van der Waals surface area contributed by atoms with Gasteiger partial charge in [0.2, 0.25) is 5.91 Å². The summed E-state index contributed by atoms with van der Waals surface area (Å²) in [6, 6.07) is 3.64. The predicted octanol–water partition coefficient (Wildman–Crippen LogP) is 1.76. The molecule has 0 radical (unpaired) electrons. The highest BCUT2D eigenvalue weighted by atomic mass is 16.5. The lowest BCUT2D eigenvalue weighted by atomic mass is 10.0. The second kappa shape index (κ2) is 8.24. The van der Waals surface area contributed by atoms with Gasteiger partial charge in [-0.3, -0.25) is 14.6 Å².